The zero-order valence-corrected chi connectivity index (χ0v) is 19.1. The number of hydrogen-bond donors (Lipinski definition) is 2. The Bertz CT molecular complexity index is 1280. The Kier molecular flexibility index (Phi) is 6.99. The van der Waals surface area contributed by atoms with Crippen LogP contribution in [-0.4, -0.2) is 17.2 Å². The molecular weight excluding hydrogens is 454 g/mol. The van der Waals surface area contributed by atoms with Crippen LogP contribution in [-0.2, 0) is 16.0 Å². The SMILES string of the molecule is C[C@@H](OC(=O)Nc1c(Cl)coc1-c1ccc(-c2ccc(CC(=O)O)cc2)cc1)c1ccccc1. The summed E-state index contributed by atoms with van der Waals surface area (Å²) in [5, 5.41) is 11.9. The molecule has 1 atom stereocenters. The number of hydrogen-bond acceptors (Lipinski definition) is 4. The molecule has 4 rings (SSSR count). The van der Waals surface area contributed by atoms with Gasteiger partial charge in [0.05, 0.1) is 6.42 Å². The van der Waals surface area contributed by atoms with Gasteiger partial charge in [-0.05, 0) is 29.2 Å². The van der Waals surface area contributed by atoms with Crippen LogP contribution in [0.15, 0.2) is 89.5 Å². The maximum atomic E-state index is 12.5. The second kappa shape index (κ2) is 10.3. The van der Waals surface area contributed by atoms with Crippen LogP contribution in [0.25, 0.3) is 22.5 Å². The zero-order chi connectivity index (χ0) is 24.1. The maximum absolute atomic E-state index is 12.5. The number of anilines is 1. The summed E-state index contributed by atoms with van der Waals surface area (Å²) in [6.07, 6.45) is 0.277. The Balaban J connectivity index is 1.48. The summed E-state index contributed by atoms with van der Waals surface area (Å²) >= 11 is 6.26. The first-order chi connectivity index (χ1) is 16.4. The first-order valence-electron chi connectivity index (χ1n) is 10.6. The number of benzene rings is 3. The smallest absolute Gasteiger partial charge is 0.412 e. The predicted molar refractivity (Wildman–Crippen MR) is 131 cm³/mol. The second-order valence-corrected chi connectivity index (χ2v) is 8.12. The van der Waals surface area contributed by atoms with Crippen LogP contribution >= 0.6 is 11.6 Å². The fourth-order valence-electron chi connectivity index (χ4n) is 3.55. The van der Waals surface area contributed by atoms with Crippen molar-refractivity contribution in [1.29, 1.82) is 0 Å². The number of carbonyl (C=O) groups excluding carboxylic acids is 1. The van der Waals surface area contributed by atoms with Gasteiger partial charge in [0, 0.05) is 5.56 Å². The highest BCUT2D eigenvalue weighted by Crippen LogP contribution is 2.37. The van der Waals surface area contributed by atoms with Gasteiger partial charge in [0.1, 0.15) is 23.1 Å². The molecule has 0 unspecified atom stereocenters. The largest absolute Gasteiger partial charge is 0.481 e. The van der Waals surface area contributed by atoms with Gasteiger partial charge in [0.2, 0.25) is 0 Å². The van der Waals surface area contributed by atoms with Crippen LogP contribution in [0.5, 0.6) is 0 Å². The van der Waals surface area contributed by atoms with Crippen molar-refractivity contribution in [3.05, 3.63) is 101 Å². The highest BCUT2D eigenvalue weighted by Gasteiger charge is 2.19. The molecule has 34 heavy (non-hydrogen) atoms. The average molecular weight is 476 g/mol. The van der Waals surface area contributed by atoms with E-state index in [1.807, 2.05) is 66.7 Å². The molecule has 0 radical (unpaired) electrons. The lowest BCUT2D eigenvalue weighted by molar-refractivity contribution is -0.136. The molecule has 7 heteroatoms. The van der Waals surface area contributed by atoms with E-state index in [0.29, 0.717) is 11.4 Å². The van der Waals surface area contributed by atoms with Crippen molar-refractivity contribution in [2.75, 3.05) is 5.32 Å². The number of halogens is 1. The molecule has 0 spiro atoms. The zero-order valence-electron chi connectivity index (χ0n) is 18.3. The summed E-state index contributed by atoms with van der Waals surface area (Å²) in [4.78, 5) is 23.4. The van der Waals surface area contributed by atoms with Gasteiger partial charge in [-0.3, -0.25) is 10.1 Å². The van der Waals surface area contributed by atoms with Crippen molar-refractivity contribution in [2.45, 2.75) is 19.4 Å². The molecule has 0 bridgehead atoms. The summed E-state index contributed by atoms with van der Waals surface area (Å²) < 4.78 is 11.1. The third kappa shape index (κ3) is 5.47. The summed E-state index contributed by atoms with van der Waals surface area (Å²) in [6.45, 7) is 1.79. The van der Waals surface area contributed by atoms with Gasteiger partial charge in [-0.15, -0.1) is 0 Å². The molecule has 2 N–H and O–H groups in total. The topological polar surface area (TPSA) is 88.8 Å². The van der Waals surface area contributed by atoms with Gasteiger partial charge in [-0.25, -0.2) is 4.79 Å². The minimum Gasteiger partial charge on any atom is -0.481 e. The number of furan rings is 1. The highest BCUT2D eigenvalue weighted by atomic mass is 35.5. The molecule has 1 heterocycles. The number of rotatable bonds is 7. The Labute approximate surface area is 201 Å². The van der Waals surface area contributed by atoms with E-state index in [0.717, 1.165) is 27.8 Å². The van der Waals surface area contributed by atoms with Gasteiger partial charge in [0.25, 0.3) is 0 Å². The highest BCUT2D eigenvalue weighted by molar-refractivity contribution is 6.34. The summed E-state index contributed by atoms with van der Waals surface area (Å²) in [5.74, 6) is -0.449. The Morgan fingerprint density at radius 2 is 1.53 bits per heavy atom. The fraction of sp³-hybridized carbons (Fsp3) is 0.111. The Hall–Kier alpha value is -4.03. The van der Waals surface area contributed by atoms with Crippen LogP contribution in [0, 0.1) is 0 Å². The van der Waals surface area contributed by atoms with Gasteiger partial charge in [0.15, 0.2) is 5.76 Å². The molecule has 0 fully saturated rings. The van der Waals surface area contributed by atoms with Crippen molar-refractivity contribution in [1.82, 2.24) is 0 Å². The van der Waals surface area contributed by atoms with Crippen molar-refractivity contribution < 1.29 is 23.8 Å². The number of carboxylic acids is 1. The number of nitrogens with one attached hydrogen (secondary N) is 1. The Morgan fingerprint density at radius 3 is 2.15 bits per heavy atom. The minimum atomic E-state index is -0.864. The number of carboxylic acid groups (broad SMARTS) is 1. The van der Waals surface area contributed by atoms with E-state index in [2.05, 4.69) is 5.32 Å². The molecular formula is C27H22ClNO5. The first-order valence-corrected chi connectivity index (χ1v) is 11.0. The molecule has 172 valence electrons. The van der Waals surface area contributed by atoms with E-state index in [4.69, 9.17) is 25.9 Å². The van der Waals surface area contributed by atoms with E-state index >= 15 is 0 Å². The molecule has 1 amide bonds. The summed E-state index contributed by atoms with van der Waals surface area (Å²) in [7, 11) is 0. The van der Waals surface area contributed by atoms with Crippen LogP contribution in [0.4, 0.5) is 10.5 Å². The average Bonchev–Trinajstić information content (AvgIpc) is 3.19. The van der Waals surface area contributed by atoms with Crippen LogP contribution in [0.3, 0.4) is 0 Å². The van der Waals surface area contributed by atoms with Crippen molar-refractivity contribution in [3.63, 3.8) is 0 Å². The lowest BCUT2D eigenvalue weighted by Crippen LogP contribution is -2.16. The predicted octanol–water partition coefficient (Wildman–Crippen LogP) is 7.20. The minimum absolute atomic E-state index is 0.0131. The molecule has 1 aromatic heterocycles. The van der Waals surface area contributed by atoms with E-state index in [-0.39, 0.29) is 11.4 Å². The van der Waals surface area contributed by atoms with Crippen LogP contribution in [0.2, 0.25) is 5.02 Å². The second-order valence-electron chi connectivity index (χ2n) is 7.72. The van der Waals surface area contributed by atoms with Gasteiger partial charge >= 0.3 is 12.1 Å². The molecule has 0 aliphatic heterocycles. The molecule has 0 saturated heterocycles. The van der Waals surface area contributed by atoms with Crippen molar-refractivity contribution in [2.24, 2.45) is 0 Å². The molecule has 0 aliphatic rings. The first kappa shape index (κ1) is 23.1. The third-order valence-electron chi connectivity index (χ3n) is 5.32. The number of carbonyl (C=O) groups is 2. The normalized spacial score (nSPS) is 11.6. The molecule has 0 aliphatic carbocycles. The lowest BCUT2D eigenvalue weighted by Gasteiger charge is -2.14. The van der Waals surface area contributed by atoms with E-state index in [9.17, 15) is 9.59 Å². The monoisotopic (exact) mass is 475 g/mol. The van der Waals surface area contributed by atoms with Crippen molar-refractivity contribution >= 4 is 29.4 Å². The van der Waals surface area contributed by atoms with Crippen molar-refractivity contribution in [3.8, 4) is 22.5 Å². The van der Waals surface area contributed by atoms with E-state index in [1.165, 1.54) is 6.26 Å². The lowest BCUT2D eigenvalue weighted by atomic mass is 10.0. The van der Waals surface area contributed by atoms with Gasteiger partial charge in [-0.1, -0.05) is 90.5 Å². The van der Waals surface area contributed by atoms with Crippen LogP contribution in [0.1, 0.15) is 24.2 Å². The number of aliphatic carboxylic acids is 1. The molecule has 3 aromatic carbocycles. The number of ether oxygens (including phenoxy) is 1. The van der Waals surface area contributed by atoms with E-state index in [1.54, 1.807) is 19.1 Å². The van der Waals surface area contributed by atoms with E-state index < -0.39 is 18.2 Å². The Morgan fingerprint density at radius 1 is 0.941 bits per heavy atom. The van der Waals surface area contributed by atoms with Gasteiger partial charge in [-0.2, -0.15) is 0 Å². The molecule has 4 aromatic rings. The molecule has 6 nitrogen and oxygen atoms in total. The summed E-state index contributed by atoms with van der Waals surface area (Å²) in [5.41, 5.74) is 4.58. The maximum Gasteiger partial charge on any atom is 0.412 e. The third-order valence-corrected chi connectivity index (χ3v) is 5.59. The number of amides is 1. The van der Waals surface area contributed by atoms with Gasteiger partial charge < -0.3 is 14.3 Å². The summed E-state index contributed by atoms with van der Waals surface area (Å²) in [6, 6.07) is 24.3. The fourth-order valence-corrected chi connectivity index (χ4v) is 3.73. The van der Waals surface area contributed by atoms with Crippen LogP contribution < -0.4 is 5.32 Å². The molecule has 0 saturated carbocycles. The quantitative estimate of drug-likeness (QED) is 0.295. The standard InChI is InChI=1S/C27H22ClNO5/c1-17(19-5-3-2-4-6-19)34-27(32)29-25-23(28)16-33-26(25)22-13-11-21(12-14-22)20-9-7-18(8-10-20)15-24(30)31/h2-14,16-17H,15H2,1H3,(H,29,32)(H,30,31)/t17-/m1/s1.